The molecule has 0 spiro atoms. The summed E-state index contributed by atoms with van der Waals surface area (Å²) < 4.78 is 5.47. The van der Waals surface area contributed by atoms with E-state index in [2.05, 4.69) is 33.9 Å². The Balaban J connectivity index is 1.98. The molecule has 2 rings (SSSR count). The van der Waals surface area contributed by atoms with Crippen molar-refractivity contribution >= 4 is 11.4 Å². The van der Waals surface area contributed by atoms with E-state index in [1.807, 2.05) is 38.5 Å². The van der Waals surface area contributed by atoms with Gasteiger partial charge in [-0.15, -0.1) is 0 Å². The zero-order valence-electron chi connectivity index (χ0n) is 12.5. The lowest BCUT2D eigenvalue weighted by molar-refractivity contribution is 0.363. The number of nitrogens with one attached hydrogen (secondary N) is 1. The molecule has 0 bridgehead atoms. The summed E-state index contributed by atoms with van der Waals surface area (Å²) in [7, 11) is 4.04. The van der Waals surface area contributed by atoms with Gasteiger partial charge in [-0.1, -0.05) is 24.8 Å². The van der Waals surface area contributed by atoms with Crippen molar-refractivity contribution in [2.45, 2.75) is 6.54 Å². The maximum absolute atomic E-state index is 5.47. The van der Waals surface area contributed by atoms with Gasteiger partial charge in [0.15, 0.2) is 0 Å². The third kappa shape index (κ3) is 4.24. The predicted octanol–water partition coefficient (Wildman–Crippen LogP) is 3.32. The van der Waals surface area contributed by atoms with Gasteiger partial charge >= 0.3 is 0 Å². The minimum Gasteiger partial charge on any atom is -0.490 e. The molecule has 1 heterocycles. The van der Waals surface area contributed by atoms with E-state index in [4.69, 9.17) is 4.74 Å². The van der Waals surface area contributed by atoms with Crippen LogP contribution in [0.3, 0.4) is 0 Å². The van der Waals surface area contributed by atoms with Crippen LogP contribution in [0.1, 0.15) is 5.56 Å². The Bertz CT molecular complexity index is 579. The lowest BCUT2D eigenvalue weighted by Crippen LogP contribution is -2.12. The molecular formula is C17H21N3O. The minimum atomic E-state index is 0.527. The molecule has 0 unspecified atom stereocenters. The van der Waals surface area contributed by atoms with Gasteiger partial charge in [0.25, 0.3) is 0 Å². The Labute approximate surface area is 126 Å². The molecule has 0 aliphatic carbocycles. The van der Waals surface area contributed by atoms with Crippen molar-refractivity contribution in [3.05, 3.63) is 60.9 Å². The number of hydrogen-bond acceptors (Lipinski definition) is 4. The van der Waals surface area contributed by atoms with Crippen molar-refractivity contribution in [3.8, 4) is 5.75 Å². The Morgan fingerprint density at radius 1 is 1.24 bits per heavy atom. The zero-order chi connectivity index (χ0) is 15.1. The normalized spacial score (nSPS) is 10.0. The topological polar surface area (TPSA) is 37.4 Å². The standard InChI is InChI=1S/C17H21N3O/c1-4-11-21-15-7-5-14(6-8-15)12-19-16-13-18-10-9-17(16)20(2)3/h4-10,13,19H,1,11-12H2,2-3H3. The first-order valence-corrected chi connectivity index (χ1v) is 6.88. The third-order valence-electron chi connectivity index (χ3n) is 3.05. The van der Waals surface area contributed by atoms with Gasteiger partial charge in [-0.3, -0.25) is 4.98 Å². The highest BCUT2D eigenvalue weighted by Crippen LogP contribution is 2.23. The van der Waals surface area contributed by atoms with E-state index in [1.54, 1.807) is 12.3 Å². The van der Waals surface area contributed by atoms with Crippen LogP contribution in [-0.4, -0.2) is 25.7 Å². The van der Waals surface area contributed by atoms with Crippen molar-refractivity contribution < 1.29 is 4.74 Å². The quantitative estimate of drug-likeness (QED) is 0.791. The molecule has 2 aromatic rings. The van der Waals surface area contributed by atoms with Crippen LogP contribution in [0.2, 0.25) is 0 Å². The molecule has 0 aliphatic heterocycles. The number of hydrogen-bond donors (Lipinski definition) is 1. The Morgan fingerprint density at radius 2 is 2.00 bits per heavy atom. The average molecular weight is 283 g/mol. The minimum absolute atomic E-state index is 0.527. The van der Waals surface area contributed by atoms with E-state index >= 15 is 0 Å². The predicted molar refractivity (Wildman–Crippen MR) is 88.0 cm³/mol. The summed E-state index contributed by atoms with van der Waals surface area (Å²) in [5, 5.41) is 3.41. The number of rotatable bonds is 7. The molecule has 4 heteroatoms. The molecule has 0 radical (unpaired) electrons. The number of anilines is 2. The number of pyridine rings is 1. The summed E-state index contributed by atoms with van der Waals surface area (Å²) in [5.41, 5.74) is 3.33. The van der Waals surface area contributed by atoms with Gasteiger partial charge in [0.1, 0.15) is 12.4 Å². The molecule has 1 N–H and O–H groups in total. The molecule has 21 heavy (non-hydrogen) atoms. The molecular weight excluding hydrogens is 262 g/mol. The van der Waals surface area contributed by atoms with Crippen molar-refractivity contribution in [2.75, 3.05) is 30.9 Å². The number of nitrogens with zero attached hydrogens (tertiary/aromatic N) is 2. The molecule has 1 aromatic carbocycles. The van der Waals surface area contributed by atoms with Crippen molar-refractivity contribution in [1.29, 1.82) is 0 Å². The van der Waals surface area contributed by atoms with Crippen LogP contribution in [0.4, 0.5) is 11.4 Å². The van der Waals surface area contributed by atoms with E-state index in [0.717, 1.165) is 23.7 Å². The fourth-order valence-electron chi connectivity index (χ4n) is 1.97. The second-order valence-electron chi connectivity index (χ2n) is 4.88. The summed E-state index contributed by atoms with van der Waals surface area (Å²) in [5.74, 6) is 0.856. The van der Waals surface area contributed by atoms with E-state index in [9.17, 15) is 0 Å². The molecule has 110 valence electrons. The Morgan fingerprint density at radius 3 is 2.67 bits per heavy atom. The van der Waals surface area contributed by atoms with Crippen molar-refractivity contribution in [1.82, 2.24) is 4.98 Å². The summed E-state index contributed by atoms with van der Waals surface area (Å²) in [6.45, 7) is 4.91. The zero-order valence-corrected chi connectivity index (χ0v) is 12.5. The maximum atomic E-state index is 5.47. The Kier molecular flexibility index (Phi) is 5.21. The van der Waals surface area contributed by atoms with Crippen LogP contribution in [0, 0.1) is 0 Å². The SMILES string of the molecule is C=CCOc1ccc(CNc2cnccc2N(C)C)cc1. The monoisotopic (exact) mass is 283 g/mol. The molecule has 0 amide bonds. The molecule has 4 nitrogen and oxygen atoms in total. The fourth-order valence-corrected chi connectivity index (χ4v) is 1.97. The summed E-state index contributed by atoms with van der Waals surface area (Å²) in [6.07, 6.45) is 5.38. The fraction of sp³-hybridized carbons (Fsp3) is 0.235. The first kappa shape index (κ1) is 14.9. The largest absolute Gasteiger partial charge is 0.490 e. The maximum Gasteiger partial charge on any atom is 0.119 e. The lowest BCUT2D eigenvalue weighted by Gasteiger charge is -2.17. The van der Waals surface area contributed by atoms with Gasteiger partial charge in [-0.25, -0.2) is 0 Å². The number of aromatic nitrogens is 1. The van der Waals surface area contributed by atoms with Crippen molar-refractivity contribution in [3.63, 3.8) is 0 Å². The van der Waals surface area contributed by atoms with Crippen LogP contribution < -0.4 is 15.0 Å². The van der Waals surface area contributed by atoms with Gasteiger partial charge < -0.3 is 15.0 Å². The molecule has 0 saturated heterocycles. The summed E-state index contributed by atoms with van der Waals surface area (Å²) >= 11 is 0. The highest BCUT2D eigenvalue weighted by molar-refractivity contribution is 5.68. The highest BCUT2D eigenvalue weighted by atomic mass is 16.5. The van der Waals surface area contributed by atoms with E-state index in [0.29, 0.717) is 6.61 Å². The van der Waals surface area contributed by atoms with E-state index < -0.39 is 0 Å². The first-order valence-electron chi connectivity index (χ1n) is 6.88. The van der Waals surface area contributed by atoms with Gasteiger partial charge in [0.2, 0.25) is 0 Å². The van der Waals surface area contributed by atoms with E-state index in [1.165, 1.54) is 5.56 Å². The summed E-state index contributed by atoms with van der Waals surface area (Å²) in [4.78, 5) is 6.24. The van der Waals surface area contributed by atoms with Gasteiger partial charge in [-0.2, -0.15) is 0 Å². The smallest absolute Gasteiger partial charge is 0.119 e. The second kappa shape index (κ2) is 7.33. The van der Waals surface area contributed by atoms with Gasteiger partial charge in [0.05, 0.1) is 17.6 Å². The van der Waals surface area contributed by atoms with Crippen LogP contribution in [0.15, 0.2) is 55.4 Å². The highest BCUT2D eigenvalue weighted by Gasteiger charge is 2.03. The molecule has 0 fully saturated rings. The lowest BCUT2D eigenvalue weighted by atomic mass is 10.2. The van der Waals surface area contributed by atoms with Crippen LogP contribution in [0.5, 0.6) is 5.75 Å². The summed E-state index contributed by atoms with van der Waals surface area (Å²) in [6, 6.07) is 10.0. The van der Waals surface area contributed by atoms with Crippen LogP contribution in [-0.2, 0) is 6.54 Å². The van der Waals surface area contributed by atoms with Crippen molar-refractivity contribution in [2.24, 2.45) is 0 Å². The number of benzene rings is 1. The van der Waals surface area contributed by atoms with Gasteiger partial charge in [0, 0.05) is 26.8 Å². The molecule has 0 saturated carbocycles. The molecule has 0 aliphatic rings. The number of ether oxygens (including phenoxy) is 1. The molecule has 0 atom stereocenters. The Hall–Kier alpha value is -2.49. The second-order valence-corrected chi connectivity index (χ2v) is 4.88. The third-order valence-corrected chi connectivity index (χ3v) is 3.05. The van der Waals surface area contributed by atoms with Gasteiger partial charge in [-0.05, 0) is 23.8 Å². The van der Waals surface area contributed by atoms with Crippen LogP contribution >= 0.6 is 0 Å². The molecule has 1 aromatic heterocycles. The van der Waals surface area contributed by atoms with Crippen LogP contribution in [0.25, 0.3) is 0 Å². The van der Waals surface area contributed by atoms with E-state index in [-0.39, 0.29) is 0 Å². The average Bonchev–Trinajstić information content (AvgIpc) is 2.52. The first-order chi connectivity index (χ1) is 10.2.